The molecule has 1 unspecified atom stereocenters. The molecule has 0 aliphatic rings. The van der Waals surface area contributed by atoms with Gasteiger partial charge >= 0.3 is 0 Å². The molecular weight excluding hydrogens is 246 g/mol. The number of nitrogens with zero attached hydrogens (tertiary/aromatic N) is 4. The predicted octanol–water partition coefficient (Wildman–Crippen LogP) is 2.54. The van der Waals surface area contributed by atoms with Gasteiger partial charge in [0.1, 0.15) is 16.9 Å². The molecule has 0 aliphatic carbocycles. The molecule has 18 heavy (non-hydrogen) atoms. The van der Waals surface area contributed by atoms with E-state index in [0.29, 0.717) is 11.5 Å². The van der Waals surface area contributed by atoms with Crippen molar-refractivity contribution in [3.63, 3.8) is 0 Å². The summed E-state index contributed by atoms with van der Waals surface area (Å²) in [4.78, 5) is 5.64. The molecule has 0 amide bonds. The first-order chi connectivity index (χ1) is 8.72. The molecule has 0 spiro atoms. The van der Waals surface area contributed by atoms with Crippen LogP contribution < -0.4 is 5.32 Å². The molecule has 0 saturated carbocycles. The Labute approximate surface area is 110 Å². The lowest BCUT2D eigenvalue weighted by molar-refractivity contribution is 0.847. The maximum Gasteiger partial charge on any atom is 0.163 e. The SMILES string of the molecule is CCc1cnc(C(C)Nc2ccc(C#N)nn2)s1. The van der Waals surface area contributed by atoms with E-state index in [1.54, 1.807) is 23.5 Å². The summed E-state index contributed by atoms with van der Waals surface area (Å²) >= 11 is 1.69. The summed E-state index contributed by atoms with van der Waals surface area (Å²) in [5, 5.41) is 20.6. The largest absolute Gasteiger partial charge is 0.360 e. The molecule has 1 N–H and O–H groups in total. The zero-order valence-corrected chi connectivity index (χ0v) is 11.0. The van der Waals surface area contributed by atoms with Crippen LogP contribution in [0.1, 0.15) is 35.5 Å². The number of hydrogen-bond acceptors (Lipinski definition) is 6. The highest BCUT2D eigenvalue weighted by Crippen LogP contribution is 2.22. The van der Waals surface area contributed by atoms with E-state index >= 15 is 0 Å². The number of anilines is 1. The average molecular weight is 259 g/mol. The van der Waals surface area contributed by atoms with Crippen LogP contribution in [0.15, 0.2) is 18.3 Å². The van der Waals surface area contributed by atoms with Gasteiger partial charge in [-0.2, -0.15) is 5.26 Å². The fourth-order valence-electron chi connectivity index (χ4n) is 1.44. The zero-order valence-electron chi connectivity index (χ0n) is 10.2. The predicted molar refractivity (Wildman–Crippen MR) is 70.3 cm³/mol. The molecule has 2 rings (SSSR count). The lowest BCUT2D eigenvalue weighted by Gasteiger charge is -2.10. The molecule has 0 aromatic carbocycles. The topological polar surface area (TPSA) is 74.5 Å². The Kier molecular flexibility index (Phi) is 3.85. The number of aromatic nitrogens is 3. The van der Waals surface area contributed by atoms with E-state index in [1.807, 2.05) is 19.2 Å². The molecule has 0 radical (unpaired) electrons. The van der Waals surface area contributed by atoms with Crippen molar-refractivity contribution < 1.29 is 0 Å². The molecule has 6 heteroatoms. The van der Waals surface area contributed by atoms with Crippen molar-refractivity contribution in [1.29, 1.82) is 5.26 Å². The number of nitriles is 1. The van der Waals surface area contributed by atoms with E-state index in [2.05, 4.69) is 27.4 Å². The first-order valence-corrected chi connectivity index (χ1v) is 6.49. The molecule has 0 fully saturated rings. The van der Waals surface area contributed by atoms with Gasteiger partial charge in [-0.25, -0.2) is 4.98 Å². The second-order valence-corrected chi connectivity index (χ2v) is 4.95. The summed E-state index contributed by atoms with van der Waals surface area (Å²) in [5.74, 6) is 0.648. The minimum absolute atomic E-state index is 0.0811. The van der Waals surface area contributed by atoms with Crippen molar-refractivity contribution in [1.82, 2.24) is 15.2 Å². The molecule has 0 saturated heterocycles. The number of aryl methyl sites for hydroxylation is 1. The summed E-state index contributed by atoms with van der Waals surface area (Å²) in [6, 6.07) is 5.41. The first-order valence-electron chi connectivity index (χ1n) is 5.68. The molecule has 2 aromatic rings. The van der Waals surface area contributed by atoms with Crippen molar-refractivity contribution >= 4 is 17.2 Å². The van der Waals surface area contributed by atoms with Crippen LogP contribution in [0.25, 0.3) is 0 Å². The molecule has 92 valence electrons. The van der Waals surface area contributed by atoms with E-state index in [4.69, 9.17) is 5.26 Å². The van der Waals surface area contributed by atoms with Crippen molar-refractivity contribution in [2.75, 3.05) is 5.32 Å². The number of rotatable bonds is 4. The van der Waals surface area contributed by atoms with Crippen LogP contribution in [0, 0.1) is 11.3 Å². The molecule has 1 atom stereocenters. The Morgan fingerprint density at radius 3 is 2.83 bits per heavy atom. The van der Waals surface area contributed by atoms with E-state index in [0.717, 1.165) is 11.4 Å². The average Bonchev–Trinajstić information content (AvgIpc) is 2.88. The smallest absolute Gasteiger partial charge is 0.163 e. The molecule has 0 bridgehead atoms. The summed E-state index contributed by atoms with van der Waals surface area (Å²) in [6.45, 7) is 4.14. The third-order valence-electron chi connectivity index (χ3n) is 2.43. The minimum atomic E-state index is 0.0811. The fraction of sp³-hybridized carbons (Fsp3) is 0.333. The highest BCUT2D eigenvalue weighted by Gasteiger charge is 2.10. The van der Waals surface area contributed by atoms with Crippen LogP contribution in [-0.2, 0) is 6.42 Å². The Bertz CT molecular complexity index is 555. The van der Waals surface area contributed by atoms with Gasteiger partial charge in [0.05, 0.1) is 6.04 Å². The summed E-state index contributed by atoms with van der Waals surface area (Å²) in [6.07, 6.45) is 2.91. The first kappa shape index (κ1) is 12.5. The number of hydrogen-bond donors (Lipinski definition) is 1. The monoisotopic (exact) mass is 259 g/mol. The summed E-state index contributed by atoms with van der Waals surface area (Å²) in [5.41, 5.74) is 0.315. The number of thiazole rings is 1. The molecular formula is C12H13N5S. The van der Waals surface area contributed by atoms with E-state index in [9.17, 15) is 0 Å². The maximum absolute atomic E-state index is 8.64. The highest BCUT2D eigenvalue weighted by atomic mass is 32.1. The van der Waals surface area contributed by atoms with Gasteiger partial charge < -0.3 is 5.32 Å². The van der Waals surface area contributed by atoms with Gasteiger partial charge in [0.15, 0.2) is 5.69 Å². The normalized spacial score (nSPS) is 11.8. The van der Waals surface area contributed by atoms with Gasteiger partial charge in [-0.15, -0.1) is 21.5 Å². The van der Waals surface area contributed by atoms with Crippen molar-refractivity contribution in [3.8, 4) is 6.07 Å². The Morgan fingerprint density at radius 1 is 1.44 bits per heavy atom. The molecule has 0 aliphatic heterocycles. The lowest BCUT2D eigenvalue weighted by atomic mass is 10.3. The summed E-state index contributed by atoms with van der Waals surface area (Å²) in [7, 11) is 0. The second kappa shape index (κ2) is 5.56. The molecule has 5 nitrogen and oxygen atoms in total. The van der Waals surface area contributed by atoms with E-state index < -0.39 is 0 Å². The van der Waals surface area contributed by atoms with Gasteiger partial charge in [-0.3, -0.25) is 0 Å². The van der Waals surface area contributed by atoms with Gasteiger partial charge in [-0.1, -0.05) is 6.92 Å². The van der Waals surface area contributed by atoms with Gasteiger partial charge in [-0.05, 0) is 25.5 Å². The fourth-order valence-corrected chi connectivity index (χ4v) is 2.30. The maximum atomic E-state index is 8.64. The Balaban J connectivity index is 2.06. The van der Waals surface area contributed by atoms with Crippen LogP contribution >= 0.6 is 11.3 Å². The second-order valence-electron chi connectivity index (χ2n) is 3.80. The van der Waals surface area contributed by atoms with E-state index in [1.165, 1.54) is 4.88 Å². The van der Waals surface area contributed by atoms with Gasteiger partial charge in [0.25, 0.3) is 0 Å². The zero-order chi connectivity index (χ0) is 13.0. The van der Waals surface area contributed by atoms with Crippen LogP contribution in [0.4, 0.5) is 5.82 Å². The third kappa shape index (κ3) is 2.81. The van der Waals surface area contributed by atoms with Crippen LogP contribution in [-0.4, -0.2) is 15.2 Å². The Morgan fingerprint density at radius 2 is 2.28 bits per heavy atom. The molecule has 2 heterocycles. The summed E-state index contributed by atoms with van der Waals surface area (Å²) < 4.78 is 0. The standard InChI is InChI=1S/C12H13N5S/c1-3-10-7-14-12(18-10)8(2)15-11-5-4-9(6-13)16-17-11/h4-5,7-8H,3H2,1-2H3,(H,15,17). The Hall–Kier alpha value is -2.00. The van der Waals surface area contributed by atoms with E-state index in [-0.39, 0.29) is 6.04 Å². The quantitative estimate of drug-likeness (QED) is 0.913. The van der Waals surface area contributed by atoms with Crippen LogP contribution in [0.5, 0.6) is 0 Å². The van der Waals surface area contributed by atoms with Crippen molar-refractivity contribution in [2.45, 2.75) is 26.3 Å². The van der Waals surface area contributed by atoms with Gasteiger partial charge in [0, 0.05) is 11.1 Å². The van der Waals surface area contributed by atoms with Crippen LogP contribution in [0.3, 0.4) is 0 Å². The van der Waals surface area contributed by atoms with Crippen LogP contribution in [0.2, 0.25) is 0 Å². The minimum Gasteiger partial charge on any atom is -0.360 e. The van der Waals surface area contributed by atoms with Gasteiger partial charge in [0.2, 0.25) is 0 Å². The lowest BCUT2D eigenvalue weighted by Crippen LogP contribution is -2.08. The van der Waals surface area contributed by atoms with Crippen molar-refractivity contribution in [2.24, 2.45) is 0 Å². The van der Waals surface area contributed by atoms with Crippen molar-refractivity contribution in [3.05, 3.63) is 33.9 Å². The number of nitrogens with one attached hydrogen (secondary N) is 1. The molecule has 2 aromatic heterocycles. The third-order valence-corrected chi connectivity index (χ3v) is 3.76. The highest BCUT2D eigenvalue weighted by molar-refractivity contribution is 7.11.